The van der Waals surface area contributed by atoms with Gasteiger partial charge in [-0.25, -0.2) is 0 Å². The maximum atomic E-state index is 5.60. The van der Waals surface area contributed by atoms with Crippen molar-refractivity contribution in [1.82, 2.24) is 0 Å². The molecule has 6 aromatic rings. The second-order valence-electron chi connectivity index (χ2n) is 7.64. The molecule has 0 spiro atoms. The van der Waals surface area contributed by atoms with Gasteiger partial charge in [-0.3, -0.25) is 0 Å². The van der Waals surface area contributed by atoms with Crippen molar-refractivity contribution in [2.75, 3.05) is 0 Å². The topological polar surface area (TPSA) is 26.3 Å². The molecule has 0 saturated carbocycles. The van der Waals surface area contributed by atoms with Crippen LogP contribution in [0, 0.1) is 13.8 Å². The molecule has 2 nitrogen and oxygen atoms in total. The average Bonchev–Trinajstić information content (AvgIpc) is 3.59. The fourth-order valence-electron chi connectivity index (χ4n) is 3.76. The second kappa shape index (κ2) is 11.2. The summed E-state index contributed by atoms with van der Waals surface area (Å²) in [5, 5.41) is 5.06. The summed E-state index contributed by atoms with van der Waals surface area (Å²) in [6, 6.07) is 33.4. The summed E-state index contributed by atoms with van der Waals surface area (Å²) < 4.78 is 11.2. The Kier molecular flexibility index (Phi) is 8.09. The summed E-state index contributed by atoms with van der Waals surface area (Å²) in [7, 11) is 9.87. The molecule has 33 heavy (non-hydrogen) atoms. The molecule has 6 rings (SSSR count). The Balaban J connectivity index is 0.000000141. The summed E-state index contributed by atoms with van der Waals surface area (Å²) in [5.74, 6) is 3.80. The van der Waals surface area contributed by atoms with Crippen molar-refractivity contribution in [3.8, 4) is 22.6 Å². The third kappa shape index (κ3) is 5.98. The van der Waals surface area contributed by atoms with Crippen LogP contribution in [0.5, 0.6) is 0 Å². The van der Waals surface area contributed by atoms with Crippen LogP contribution in [0.3, 0.4) is 0 Å². The van der Waals surface area contributed by atoms with E-state index < -0.39 is 20.8 Å². The van der Waals surface area contributed by atoms with E-state index in [9.17, 15) is 0 Å². The molecule has 164 valence electrons. The molecule has 2 aromatic heterocycles. The number of hydrogen-bond donors (Lipinski definition) is 0. The van der Waals surface area contributed by atoms with Crippen LogP contribution in [-0.2, 0) is 20.8 Å². The molecule has 0 bridgehead atoms. The van der Waals surface area contributed by atoms with Crippen LogP contribution >= 0.6 is 17.0 Å². The summed E-state index contributed by atoms with van der Waals surface area (Å²) >= 11 is -0.826. The predicted octanol–water partition coefficient (Wildman–Crippen LogP) is 9.63. The molecule has 0 N–H and O–H groups in total. The van der Waals surface area contributed by atoms with Gasteiger partial charge in [-0.2, -0.15) is 0 Å². The standard InChI is InChI=1S/2C14H11O.2ClH.Zr/c2*1-10-6-7-14(15-10)13-8-11-4-2-3-5-12(11)9-13;;;/h2*2-9H,1H3;2*1H;/q2*-1;;;+4/p-2. The number of hydrogen-bond acceptors (Lipinski definition) is 2. The van der Waals surface area contributed by atoms with Gasteiger partial charge in [0.15, 0.2) is 0 Å². The van der Waals surface area contributed by atoms with Crippen LogP contribution in [0.25, 0.3) is 44.2 Å². The first kappa shape index (κ1) is 23.8. The zero-order valence-corrected chi connectivity index (χ0v) is 22.3. The van der Waals surface area contributed by atoms with Crippen LogP contribution < -0.4 is 0 Å². The van der Waals surface area contributed by atoms with Gasteiger partial charge in [0.25, 0.3) is 0 Å². The van der Waals surface area contributed by atoms with E-state index in [0.717, 1.165) is 34.2 Å². The SMILES string of the molecule is Cc1ccc(-c2cc3ccccc3[cH-]2)o1.Cc1ccc(-c2cc3ccccc3[cH-]2)o1.[Cl][Zr+2][Cl]. The van der Waals surface area contributed by atoms with Crippen molar-refractivity contribution < 1.29 is 29.7 Å². The first-order valence-corrected chi connectivity index (χ1v) is 16.8. The zero-order chi connectivity index (χ0) is 23.2. The van der Waals surface area contributed by atoms with Gasteiger partial charge in [-0.05, 0) is 38.1 Å². The second-order valence-corrected chi connectivity index (χ2v) is 11.4. The fourth-order valence-corrected chi connectivity index (χ4v) is 3.76. The van der Waals surface area contributed by atoms with Crippen molar-refractivity contribution in [3.63, 3.8) is 0 Å². The van der Waals surface area contributed by atoms with Gasteiger partial charge >= 0.3 is 37.9 Å². The Bertz CT molecular complexity index is 1270. The Morgan fingerprint density at radius 1 is 0.606 bits per heavy atom. The number of furan rings is 2. The van der Waals surface area contributed by atoms with Gasteiger partial charge in [-0.1, -0.05) is 47.5 Å². The molecule has 0 aliphatic carbocycles. The van der Waals surface area contributed by atoms with Gasteiger partial charge < -0.3 is 8.83 Å². The van der Waals surface area contributed by atoms with Crippen molar-refractivity contribution >= 4 is 38.6 Å². The van der Waals surface area contributed by atoms with Crippen LogP contribution in [0.15, 0.2) is 106 Å². The molecular weight excluding hydrogens is 530 g/mol. The van der Waals surface area contributed by atoms with Crippen LogP contribution in [-0.4, -0.2) is 0 Å². The van der Waals surface area contributed by atoms with Crippen molar-refractivity contribution in [3.05, 3.63) is 109 Å². The molecule has 5 heteroatoms. The van der Waals surface area contributed by atoms with E-state index in [1.807, 2.05) is 38.1 Å². The third-order valence-corrected chi connectivity index (χ3v) is 5.29. The van der Waals surface area contributed by atoms with Gasteiger partial charge in [0.2, 0.25) is 0 Å². The number of rotatable bonds is 2. The fraction of sp³-hybridized carbons (Fsp3) is 0.0714. The molecule has 0 aliphatic rings. The molecule has 0 radical (unpaired) electrons. The zero-order valence-electron chi connectivity index (χ0n) is 18.3. The summed E-state index contributed by atoms with van der Waals surface area (Å²) in [5.41, 5.74) is 2.31. The van der Waals surface area contributed by atoms with Crippen LogP contribution in [0.1, 0.15) is 11.5 Å². The minimum absolute atomic E-state index is 0.826. The Labute approximate surface area is 212 Å². The van der Waals surface area contributed by atoms with Crippen LogP contribution in [0.4, 0.5) is 0 Å². The quantitative estimate of drug-likeness (QED) is 0.200. The number of halogens is 2. The molecule has 0 atom stereocenters. The Hall–Kier alpha value is -2.32. The summed E-state index contributed by atoms with van der Waals surface area (Å²) in [4.78, 5) is 0. The summed E-state index contributed by atoms with van der Waals surface area (Å²) in [6.07, 6.45) is 0. The molecule has 4 aromatic carbocycles. The molecule has 0 fully saturated rings. The molecule has 0 unspecified atom stereocenters. The van der Waals surface area contributed by atoms with E-state index in [4.69, 9.17) is 25.9 Å². The van der Waals surface area contributed by atoms with E-state index >= 15 is 0 Å². The molecule has 2 heterocycles. The molecule has 0 aliphatic heterocycles. The van der Waals surface area contributed by atoms with Gasteiger partial charge in [0.05, 0.1) is 23.0 Å². The van der Waals surface area contributed by atoms with E-state index in [-0.39, 0.29) is 0 Å². The number of fused-ring (bicyclic) bond motifs is 2. The van der Waals surface area contributed by atoms with Crippen molar-refractivity contribution in [1.29, 1.82) is 0 Å². The first-order chi connectivity index (χ1) is 16.1. The minimum atomic E-state index is -0.826. The average molecular weight is 553 g/mol. The normalized spacial score (nSPS) is 10.3. The monoisotopic (exact) mass is 550 g/mol. The van der Waals surface area contributed by atoms with Gasteiger partial charge in [0.1, 0.15) is 0 Å². The molecule has 0 saturated heterocycles. The first-order valence-electron chi connectivity index (χ1n) is 10.5. The number of benzene rings is 2. The van der Waals surface area contributed by atoms with E-state index in [1.165, 1.54) is 21.5 Å². The maximum absolute atomic E-state index is 5.60. The van der Waals surface area contributed by atoms with Gasteiger partial charge in [0, 0.05) is 0 Å². The molecular formula is C28H22Cl2O2Zr. The van der Waals surface area contributed by atoms with Gasteiger partial charge in [-0.15, -0.1) is 57.9 Å². The Morgan fingerprint density at radius 2 is 1.00 bits per heavy atom. The van der Waals surface area contributed by atoms with Crippen molar-refractivity contribution in [2.24, 2.45) is 0 Å². The van der Waals surface area contributed by atoms with E-state index in [0.29, 0.717) is 0 Å². The Morgan fingerprint density at radius 3 is 1.33 bits per heavy atom. The summed E-state index contributed by atoms with van der Waals surface area (Å²) in [6.45, 7) is 3.93. The van der Waals surface area contributed by atoms with Crippen molar-refractivity contribution in [2.45, 2.75) is 13.8 Å². The molecule has 0 amide bonds. The predicted molar refractivity (Wildman–Crippen MR) is 136 cm³/mol. The van der Waals surface area contributed by atoms with E-state index in [2.05, 4.69) is 72.8 Å². The van der Waals surface area contributed by atoms with Crippen LogP contribution in [0.2, 0.25) is 0 Å². The number of aryl methyl sites for hydroxylation is 2. The van der Waals surface area contributed by atoms with E-state index in [1.54, 1.807) is 0 Å². The third-order valence-electron chi connectivity index (χ3n) is 5.29.